The van der Waals surface area contributed by atoms with Gasteiger partial charge in [-0.15, -0.1) is 10.2 Å². The Labute approximate surface area is 179 Å². The molecule has 1 atom stereocenters. The van der Waals surface area contributed by atoms with E-state index >= 15 is 0 Å². The maximum atomic E-state index is 13.0. The minimum Gasteiger partial charge on any atom is -0.348 e. The van der Waals surface area contributed by atoms with Crippen molar-refractivity contribution in [2.24, 2.45) is 7.05 Å². The van der Waals surface area contributed by atoms with Crippen molar-refractivity contribution in [3.63, 3.8) is 0 Å². The summed E-state index contributed by atoms with van der Waals surface area (Å²) in [7, 11) is 1.95. The molecule has 9 nitrogen and oxygen atoms in total. The van der Waals surface area contributed by atoms with E-state index in [0.717, 1.165) is 60.5 Å². The number of aryl methyl sites for hydroxylation is 1. The summed E-state index contributed by atoms with van der Waals surface area (Å²) in [6, 6.07) is 9.58. The van der Waals surface area contributed by atoms with E-state index in [1.807, 2.05) is 41.9 Å². The van der Waals surface area contributed by atoms with Gasteiger partial charge in [-0.25, -0.2) is 0 Å². The molecular weight excluding hydrogens is 392 g/mol. The number of rotatable bonds is 5. The fourth-order valence-corrected chi connectivity index (χ4v) is 4.12. The number of H-pyrrole nitrogens is 1. The van der Waals surface area contributed by atoms with Gasteiger partial charge in [-0.2, -0.15) is 5.10 Å². The van der Waals surface area contributed by atoms with E-state index in [1.165, 1.54) is 0 Å². The van der Waals surface area contributed by atoms with Gasteiger partial charge >= 0.3 is 0 Å². The van der Waals surface area contributed by atoms with Gasteiger partial charge in [0.25, 0.3) is 5.91 Å². The van der Waals surface area contributed by atoms with Crippen molar-refractivity contribution in [2.75, 3.05) is 13.1 Å². The quantitative estimate of drug-likeness (QED) is 0.517. The number of nitrogens with zero attached hydrogens (tertiary/aromatic N) is 6. The Hall–Kier alpha value is -3.59. The van der Waals surface area contributed by atoms with Crippen molar-refractivity contribution in [2.45, 2.75) is 25.4 Å². The highest BCUT2D eigenvalue weighted by Gasteiger charge is 2.23. The van der Waals surface area contributed by atoms with Crippen molar-refractivity contribution in [1.29, 1.82) is 0 Å². The number of hydrogen-bond acceptors (Lipinski definition) is 6. The Morgan fingerprint density at radius 2 is 2.13 bits per heavy atom. The van der Waals surface area contributed by atoms with Gasteiger partial charge in [0.1, 0.15) is 17.8 Å². The molecule has 0 unspecified atom stereocenters. The van der Waals surface area contributed by atoms with E-state index in [4.69, 9.17) is 0 Å². The molecule has 0 spiro atoms. The van der Waals surface area contributed by atoms with Gasteiger partial charge in [-0.3, -0.25) is 19.8 Å². The summed E-state index contributed by atoms with van der Waals surface area (Å²) in [6.45, 7) is 2.53. The molecular formula is C22H24N8O. The summed E-state index contributed by atoms with van der Waals surface area (Å²) in [5.74, 6) is 0.871. The second-order valence-electron chi connectivity index (χ2n) is 7.97. The third-order valence-corrected chi connectivity index (χ3v) is 5.79. The van der Waals surface area contributed by atoms with Gasteiger partial charge in [-0.05, 0) is 49.7 Å². The Balaban J connectivity index is 1.30. The lowest BCUT2D eigenvalue weighted by atomic mass is 10.0. The molecule has 0 aliphatic carbocycles. The van der Waals surface area contributed by atoms with Crippen molar-refractivity contribution < 1.29 is 4.79 Å². The first-order valence-corrected chi connectivity index (χ1v) is 10.4. The fraction of sp³-hybridized carbons (Fsp3) is 0.318. The molecule has 158 valence electrons. The Kier molecular flexibility index (Phi) is 5.17. The monoisotopic (exact) mass is 416 g/mol. The molecule has 4 aromatic rings. The van der Waals surface area contributed by atoms with Crippen LogP contribution in [0.4, 0.5) is 0 Å². The zero-order valence-corrected chi connectivity index (χ0v) is 17.3. The van der Waals surface area contributed by atoms with E-state index in [0.29, 0.717) is 5.56 Å². The van der Waals surface area contributed by atoms with E-state index in [2.05, 4.69) is 35.6 Å². The molecule has 9 heteroatoms. The predicted molar refractivity (Wildman–Crippen MR) is 116 cm³/mol. The van der Waals surface area contributed by atoms with Gasteiger partial charge in [0.15, 0.2) is 0 Å². The molecule has 1 amide bonds. The summed E-state index contributed by atoms with van der Waals surface area (Å²) in [6.07, 6.45) is 7.20. The molecule has 3 aromatic heterocycles. The summed E-state index contributed by atoms with van der Waals surface area (Å²) < 4.78 is 1.93. The van der Waals surface area contributed by atoms with Gasteiger partial charge in [-0.1, -0.05) is 0 Å². The SMILES string of the molecule is Cn1cnnc1CN1CCC[C@@H](NC(=O)c2ccc3[nH]nc(-c4ccncc4)c3c2)C1. The number of likely N-dealkylation sites (tertiary alicyclic amines) is 1. The normalized spacial score (nSPS) is 17.1. The van der Waals surface area contributed by atoms with Crippen molar-refractivity contribution in [1.82, 2.24) is 40.2 Å². The number of carbonyl (C=O) groups is 1. The lowest BCUT2D eigenvalue weighted by Gasteiger charge is -2.32. The van der Waals surface area contributed by atoms with Crippen LogP contribution in [0, 0.1) is 0 Å². The van der Waals surface area contributed by atoms with Crippen molar-refractivity contribution in [3.05, 3.63) is 60.4 Å². The van der Waals surface area contributed by atoms with Crippen LogP contribution in [0.3, 0.4) is 0 Å². The van der Waals surface area contributed by atoms with Crippen molar-refractivity contribution >= 4 is 16.8 Å². The van der Waals surface area contributed by atoms with E-state index in [-0.39, 0.29) is 11.9 Å². The average molecular weight is 416 g/mol. The minimum atomic E-state index is -0.0608. The van der Waals surface area contributed by atoms with Crippen LogP contribution in [0.1, 0.15) is 29.0 Å². The zero-order valence-electron chi connectivity index (χ0n) is 17.3. The topological polar surface area (TPSA) is 105 Å². The molecule has 4 heterocycles. The van der Waals surface area contributed by atoms with Gasteiger partial charge in [0.2, 0.25) is 0 Å². The van der Waals surface area contributed by atoms with E-state index < -0.39 is 0 Å². The van der Waals surface area contributed by atoms with Crippen LogP contribution in [0.2, 0.25) is 0 Å². The first kappa shape index (κ1) is 19.4. The maximum absolute atomic E-state index is 13.0. The molecule has 0 radical (unpaired) electrons. The smallest absolute Gasteiger partial charge is 0.251 e. The van der Waals surface area contributed by atoms with Crippen LogP contribution in [0.25, 0.3) is 22.2 Å². The van der Waals surface area contributed by atoms with E-state index in [9.17, 15) is 4.79 Å². The molecule has 31 heavy (non-hydrogen) atoms. The molecule has 1 aromatic carbocycles. The minimum absolute atomic E-state index is 0.0608. The largest absolute Gasteiger partial charge is 0.348 e. The Bertz CT molecular complexity index is 1200. The zero-order chi connectivity index (χ0) is 21.2. The van der Waals surface area contributed by atoms with E-state index in [1.54, 1.807) is 18.7 Å². The summed E-state index contributed by atoms with van der Waals surface area (Å²) in [4.78, 5) is 19.4. The summed E-state index contributed by atoms with van der Waals surface area (Å²) >= 11 is 0. The number of aromatic amines is 1. The lowest BCUT2D eigenvalue weighted by molar-refractivity contribution is 0.0899. The molecule has 1 aliphatic heterocycles. The molecule has 0 saturated carbocycles. The molecule has 1 aliphatic rings. The first-order chi connectivity index (χ1) is 15.2. The summed E-state index contributed by atoms with van der Waals surface area (Å²) in [5, 5.41) is 19.7. The highest BCUT2D eigenvalue weighted by atomic mass is 16.1. The van der Waals surface area contributed by atoms with Crippen molar-refractivity contribution in [3.8, 4) is 11.3 Å². The number of nitrogens with one attached hydrogen (secondary N) is 2. The molecule has 5 rings (SSSR count). The maximum Gasteiger partial charge on any atom is 0.251 e. The second kappa shape index (κ2) is 8.27. The number of pyridine rings is 1. The number of amides is 1. The third-order valence-electron chi connectivity index (χ3n) is 5.79. The number of benzene rings is 1. The number of piperidine rings is 1. The average Bonchev–Trinajstić information content (AvgIpc) is 3.40. The van der Waals surface area contributed by atoms with Gasteiger partial charge in [0, 0.05) is 48.5 Å². The number of carbonyl (C=O) groups excluding carboxylic acids is 1. The lowest BCUT2D eigenvalue weighted by Crippen LogP contribution is -2.47. The number of hydrogen-bond donors (Lipinski definition) is 2. The standard InChI is InChI=1S/C22H24N8O/c1-29-14-24-27-20(29)13-30-10-2-3-17(12-30)25-22(31)16-4-5-19-18(11-16)21(28-26-19)15-6-8-23-9-7-15/h4-9,11,14,17H,2-3,10,12-13H2,1H3,(H,25,31)(H,26,28)/t17-/m1/s1. The van der Waals surface area contributed by atoms with Gasteiger partial charge in [0.05, 0.1) is 12.1 Å². The summed E-state index contributed by atoms with van der Waals surface area (Å²) in [5.41, 5.74) is 3.32. The Morgan fingerprint density at radius 3 is 2.94 bits per heavy atom. The third kappa shape index (κ3) is 4.04. The predicted octanol–water partition coefficient (Wildman–Crippen LogP) is 2.15. The van der Waals surface area contributed by atoms with Crippen LogP contribution in [-0.4, -0.2) is 59.9 Å². The van der Waals surface area contributed by atoms with Crippen LogP contribution in [0.15, 0.2) is 49.1 Å². The number of fused-ring (bicyclic) bond motifs is 1. The second-order valence-corrected chi connectivity index (χ2v) is 7.97. The molecule has 0 bridgehead atoms. The molecule has 1 fully saturated rings. The fourth-order valence-electron chi connectivity index (χ4n) is 4.12. The van der Waals surface area contributed by atoms with Crippen LogP contribution < -0.4 is 5.32 Å². The van der Waals surface area contributed by atoms with Crippen LogP contribution in [0.5, 0.6) is 0 Å². The number of aromatic nitrogens is 6. The van der Waals surface area contributed by atoms with Crippen LogP contribution >= 0.6 is 0 Å². The molecule has 2 N–H and O–H groups in total. The van der Waals surface area contributed by atoms with Crippen LogP contribution in [-0.2, 0) is 13.6 Å². The van der Waals surface area contributed by atoms with Gasteiger partial charge < -0.3 is 9.88 Å². The highest BCUT2D eigenvalue weighted by Crippen LogP contribution is 2.26. The molecule has 1 saturated heterocycles. The first-order valence-electron chi connectivity index (χ1n) is 10.4. The highest BCUT2D eigenvalue weighted by molar-refractivity contribution is 6.01. The Morgan fingerprint density at radius 1 is 1.26 bits per heavy atom.